The molecule has 0 amide bonds. The van der Waals surface area contributed by atoms with E-state index >= 15 is 0 Å². The summed E-state index contributed by atoms with van der Waals surface area (Å²) in [6.45, 7) is 13.8. The Bertz CT molecular complexity index is 2220. The first-order valence-corrected chi connectivity index (χ1v) is 16.6. The van der Waals surface area contributed by atoms with E-state index in [1.54, 1.807) is 0 Å². The Morgan fingerprint density at radius 1 is 0.510 bits per heavy atom. The third kappa shape index (κ3) is 7.18. The summed E-state index contributed by atoms with van der Waals surface area (Å²) >= 11 is 0. The number of benzene rings is 5. The molecule has 5 aromatic rings. The average Bonchev–Trinajstić information content (AvgIpc) is 3.19. The standard InChI is InChI=1S/C46H35N5/c1-32-28-40(35(4)31-49)18-27-46(32)51(41-8-6-5-7-9-41)45-25-16-39(17-26-45)38-14-23-44(24-15-38)50(42-19-10-36(11-20-42)33(2)29-47)43-21-12-37(13-22-43)34(3)30-48/h5-27,32H,2-4,28H2,1H3. The molecular formula is C46H35N5. The van der Waals surface area contributed by atoms with Gasteiger partial charge in [0.1, 0.15) is 0 Å². The molecule has 0 aromatic heterocycles. The van der Waals surface area contributed by atoms with Crippen LogP contribution in [0.25, 0.3) is 22.3 Å². The molecule has 5 nitrogen and oxygen atoms in total. The molecule has 6 rings (SSSR count). The van der Waals surface area contributed by atoms with Gasteiger partial charge < -0.3 is 9.80 Å². The lowest BCUT2D eigenvalue weighted by molar-refractivity contribution is 0.653. The van der Waals surface area contributed by atoms with Crippen LogP contribution >= 0.6 is 0 Å². The van der Waals surface area contributed by atoms with Gasteiger partial charge in [-0.2, -0.15) is 15.8 Å². The minimum Gasteiger partial charge on any atom is -0.314 e. The molecule has 1 aliphatic carbocycles. The van der Waals surface area contributed by atoms with Crippen LogP contribution in [0, 0.1) is 39.9 Å². The maximum absolute atomic E-state index is 9.39. The van der Waals surface area contributed by atoms with Gasteiger partial charge in [0, 0.05) is 45.6 Å². The second kappa shape index (κ2) is 15.0. The van der Waals surface area contributed by atoms with Gasteiger partial charge in [-0.05, 0) is 101 Å². The molecule has 5 heteroatoms. The van der Waals surface area contributed by atoms with E-state index in [-0.39, 0.29) is 5.92 Å². The summed E-state index contributed by atoms with van der Waals surface area (Å²) in [6.07, 6.45) is 4.88. The molecule has 0 heterocycles. The van der Waals surface area contributed by atoms with Crippen LogP contribution in [0.15, 0.2) is 176 Å². The number of para-hydroxylation sites is 1. The van der Waals surface area contributed by atoms with Crippen molar-refractivity contribution in [2.24, 2.45) is 5.92 Å². The molecule has 5 aromatic carbocycles. The van der Waals surface area contributed by atoms with Gasteiger partial charge in [0.25, 0.3) is 0 Å². The third-order valence-corrected chi connectivity index (χ3v) is 9.08. The van der Waals surface area contributed by atoms with Crippen molar-refractivity contribution < 1.29 is 0 Å². The quantitative estimate of drug-likeness (QED) is 0.140. The molecule has 1 atom stereocenters. The molecule has 0 aliphatic heterocycles. The van der Waals surface area contributed by atoms with Crippen LogP contribution in [0.1, 0.15) is 24.5 Å². The molecule has 0 fully saturated rings. The van der Waals surface area contributed by atoms with Gasteiger partial charge in [-0.25, -0.2) is 0 Å². The second-order valence-corrected chi connectivity index (χ2v) is 12.4. The topological polar surface area (TPSA) is 77.8 Å². The van der Waals surface area contributed by atoms with Gasteiger partial charge in [-0.3, -0.25) is 0 Å². The van der Waals surface area contributed by atoms with Gasteiger partial charge in [-0.15, -0.1) is 0 Å². The van der Waals surface area contributed by atoms with Crippen molar-refractivity contribution in [3.8, 4) is 29.3 Å². The zero-order chi connectivity index (χ0) is 35.9. The second-order valence-electron chi connectivity index (χ2n) is 12.4. The van der Waals surface area contributed by atoms with Crippen LogP contribution in [-0.2, 0) is 0 Å². The number of nitrogens with zero attached hydrogens (tertiary/aromatic N) is 5. The van der Waals surface area contributed by atoms with Gasteiger partial charge in [0.15, 0.2) is 0 Å². The Morgan fingerprint density at radius 2 is 0.902 bits per heavy atom. The smallest absolute Gasteiger partial charge is 0.0991 e. The van der Waals surface area contributed by atoms with E-state index in [9.17, 15) is 15.8 Å². The van der Waals surface area contributed by atoms with Crippen molar-refractivity contribution in [1.29, 1.82) is 15.8 Å². The van der Waals surface area contributed by atoms with E-state index in [1.807, 2.05) is 72.8 Å². The lowest BCUT2D eigenvalue weighted by Crippen LogP contribution is -2.23. The Labute approximate surface area is 300 Å². The number of anilines is 5. The number of allylic oxidation sites excluding steroid dienone is 7. The molecule has 0 bridgehead atoms. The molecule has 0 radical (unpaired) electrons. The van der Waals surface area contributed by atoms with E-state index in [2.05, 4.69) is 121 Å². The van der Waals surface area contributed by atoms with Crippen molar-refractivity contribution in [3.05, 3.63) is 187 Å². The minimum atomic E-state index is 0.188. The average molecular weight is 658 g/mol. The molecule has 0 saturated heterocycles. The molecule has 244 valence electrons. The monoisotopic (exact) mass is 657 g/mol. The number of hydrogen-bond donors (Lipinski definition) is 0. The molecular weight excluding hydrogens is 623 g/mol. The Balaban J connectivity index is 1.32. The minimum absolute atomic E-state index is 0.188. The van der Waals surface area contributed by atoms with Crippen LogP contribution in [0.2, 0.25) is 0 Å². The molecule has 0 spiro atoms. The molecule has 51 heavy (non-hydrogen) atoms. The first-order chi connectivity index (χ1) is 24.8. The Morgan fingerprint density at radius 3 is 1.31 bits per heavy atom. The van der Waals surface area contributed by atoms with E-state index in [1.165, 1.54) is 0 Å². The predicted octanol–water partition coefficient (Wildman–Crippen LogP) is 12.0. The van der Waals surface area contributed by atoms with E-state index < -0.39 is 0 Å². The van der Waals surface area contributed by atoms with Gasteiger partial charge >= 0.3 is 0 Å². The zero-order valence-corrected chi connectivity index (χ0v) is 28.4. The summed E-state index contributed by atoms with van der Waals surface area (Å²) in [4.78, 5) is 4.42. The lowest BCUT2D eigenvalue weighted by atomic mass is 9.88. The highest BCUT2D eigenvalue weighted by Crippen LogP contribution is 2.40. The molecule has 1 unspecified atom stereocenters. The predicted molar refractivity (Wildman–Crippen MR) is 209 cm³/mol. The normalized spacial score (nSPS) is 13.3. The molecule has 1 aliphatic rings. The third-order valence-electron chi connectivity index (χ3n) is 9.08. The first-order valence-electron chi connectivity index (χ1n) is 16.6. The lowest BCUT2D eigenvalue weighted by Gasteiger charge is -2.33. The summed E-state index contributed by atoms with van der Waals surface area (Å²) in [6, 6.07) is 49.3. The van der Waals surface area contributed by atoms with E-state index in [4.69, 9.17) is 0 Å². The van der Waals surface area contributed by atoms with Crippen LogP contribution in [0.4, 0.5) is 28.4 Å². The van der Waals surface area contributed by atoms with Crippen molar-refractivity contribution >= 4 is 39.6 Å². The largest absolute Gasteiger partial charge is 0.314 e. The maximum Gasteiger partial charge on any atom is 0.0991 e. The van der Waals surface area contributed by atoms with E-state index in [0.717, 1.165) is 68.4 Å². The van der Waals surface area contributed by atoms with Crippen LogP contribution in [0.5, 0.6) is 0 Å². The highest BCUT2D eigenvalue weighted by atomic mass is 15.2. The fraction of sp³-hybridized carbons (Fsp3) is 0.0652. The maximum atomic E-state index is 9.39. The van der Waals surface area contributed by atoms with Crippen molar-refractivity contribution in [3.63, 3.8) is 0 Å². The number of hydrogen-bond acceptors (Lipinski definition) is 5. The van der Waals surface area contributed by atoms with Gasteiger partial charge in [0.05, 0.1) is 29.4 Å². The molecule has 0 saturated carbocycles. The summed E-state index contributed by atoms with van der Waals surface area (Å²) < 4.78 is 0. The summed E-state index contributed by atoms with van der Waals surface area (Å²) in [5.41, 5.74) is 12.1. The van der Waals surface area contributed by atoms with E-state index in [0.29, 0.717) is 16.7 Å². The fourth-order valence-corrected chi connectivity index (χ4v) is 6.27. The van der Waals surface area contributed by atoms with Crippen molar-refractivity contribution in [2.45, 2.75) is 13.3 Å². The summed E-state index contributed by atoms with van der Waals surface area (Å²) in [7, 11) is 0. The van der Waals surface area contributed by atoms with Crippen molar-refractivity contribution in [2.75, 3.05) is 9.80 Å². The Kier molecular flexibility index (Phi) is 9.90. The SMILES string of the molecule is C=C(C#N)C1=CC=C(N(c2ccccc2)c2ccc(-c3ccc(N(c4ccc(C(=C)C#N)cc4)c4ccc(C(=C)C#N)cc4)cc3)cc2)C(C)C1. The van der Waals surface area contributed by atoms with Crippen LogP contribution in [-0.4, -0.2) is 0 Å². The van der Waals surface area contributed by atoms with Gasteiger partial charge in [-0.1, -0.05) is 99.5 Å². The zero-order valence-electron chi connectivity index (χ0n) is 28.4. The molecule has 0 N–H and O–H groups in total. The first kappa shape index (κ1) is 33.8. The summed E-state index contributed by atoms with van der Waals surface area (Å²) in [5, 5.41) is 28.0. The summed E-state index contributed by atoms with van der Waals surface area (Å²) in [5.74, 6) is 0.188. The Hall–Kier alpha value is -7.13. The van der Waals surface area contributed by atoms with Crippen LogP contribution in [0.3, 0.4) is 0 Å². The van der Waals surface area contributed by atoms with Crippen LogP contribution < -0.4 is 9.80 Å². The van der Waals surface area contributed by atoms with Gasteiger partial charge in [0.2, 0.25) is 0 Å². The number of nitriles is 3. The highest BCUT2D eigenvalue weighted by Gasteiger charge is 2.24. The highest BCUT2D eigenvalue weighted by molar-refractivity contribution is 5.83. The van der Waals surface area contributed by atoms with Crippen molar-refractivity contribution in [1.82, 2.24) is 0 Å². The number of rotatable bonds is 10. The fourth-order valence-electron chi connectivity index (χ4n) is 6.27.